The van der Waals surface area contributed by atoms with Crippen molar-refractivity contribution in [2.45, 2.75) is 56.7 Å². The van der Waals surface area contributed by atoms with Crippen LogP contribution in [0.15, 0.2) is 42.5 Å². The van der Waals surface area contributed by atoms with Crippen LogP contribution in [0, 0.1) is 0 Å². The Morgan fingerprint density at radius 2 is 1.50 bits per heavy atom. The summed E-state index contributed by atoms with van der Waals surface area (Å²) in [7, 11) is 2.16. The third-order valence-electron chi connectivity index (χ3n) is 10.00. The van der Waals surface area contributed by atoms with Gasteiger partial charge >= 0.3 is 12.1 Å². The molecule has 0 bridgehead atoms. The molecule has 1 unspecified atom stereocenters. The molecular weight excluding hydrogens is 627 g/mol. The molecule has 1 atom stereocenters. The number of piperazine rings is 1. The summed E-state index contributed by atoms with van der Waals surface area (Å²) in [6.07, 6.45) is 3.03. The Bertz CT molecular complexity index is 1380. The van der Waals surface area contributed by atoms with Gasteiger partial charge in [0.05, 0.1) is 0 Å². The number of halogens is 2. The van der Waals surface area contributed by atoms with Crippen molar-refractivity contribution in [2.75, 3.05) is 71.3 Å². The lowest BCUT2D eigenvalue weighted by molar-refractivity contribution is -0.143. The van der Waals surface area contributed by atoms with E-state index in [0.717, 1.165) is 62.3 Å². The van der Waals surface area contributed by atoms with E-state index in [-0.39, 0.29) is 24.4 Å². The van der Waals surface area contributed by atoms with Crippen LogP contribution in [0.2, 0.25) is 10.0 Å². The predicted octanol–water partition coefficient (Wildman–Crippen LogP) is 4.83. The van der Waals surface area contributed by atoms with Crippen LogP contribution < -0.4 is 5.32 Å². The number of carbonyl (C=O) groups excluding carboxylic acids is 3. The minimum Gasteiger partial charge on any atom is -0.436 e. The summed E-state index contributed by atoms with van der Waals surface area (Å²) in [5.74, 6) is -0.192. The zero-order valence-electron chi connectivity index (χ0n) is 26.5. The van der Waals surface area contributed by atoms with Gasteiger partial charge in [-0.2, -0.15) is 0 Å². The summed E-state index contributed by atoms with van der Waals surface area (Å²) in [6.45, 7) is 6.53. The lowest BCUT2D eigenvalue weighted by atomic mass is 10.0. The van der Waals surface area contributed by atoms with Crippen molar-refractivity contribution in [3.63, 3.8) is 0 Å². The molecule has 2 aromatic rings. The Hall–Kier alpha value is -3.05. The van der Waals surface area contributed by atoms with E-state index >= 15 is 0 Å². The van der Waals surface area contributed by atoms with E-state index in [1.165, 1.54) is 0 Å². The first-order valence-electron chi connectivity index (χ1n) is 16.5. The fourth-order valence-corrected chi connectivity index (χ4v) is 7.86. The maximum absolute atomic E-state index is 13.9. The van der Waals surface area contributed by atoms with Gasteiger partial charge in [0.2, 0.25) is 0 Å². The number of likely N-dealkylation sites (tertiary alicyclic amines) is 2. The van der Waals surface area contributed by atoms with Crippen molar-refractivity contribution in [1.82, 2.24) is 24.5 Å². The van der Waals surface area contributed by atoms with E-state index < -0.39 is 12.2 Å². The normalized spacial score (nSPS) is 21.4. The lowest BCUT2D eigenvalue weighted by Crippen LogP contribution is -2.56. The number of urea groups is 1. The van der Waals surface area contributed by atoms with Crippen molar-refractivity contribution in [3.8, 4) is 0 Å². The highest BCUT2D eigenvalue weighted by Gasteiger charge is 2.36. The van der Waals surface area contributed by atoms with Gasteiger partial charge in [0.1, 0.15) is 0 Å². The molecule has 4 heterocycles. The zero-order valence-corrected chi connectivity index (χ0v) is 28.0. The average Bonchev–Trinajstić information content (AvgIpc) is 3.22. The average molecular weight is 672 g/mol. The second-order valence-corrected chi connectivity index (χ2v) is 13.9. The number of piperidine rings is 2. The molecule has 0 aromatic heterocycles. The van der Waals surface area contributed by atoms with E-state index in [0.29, 0.717) is 61.7 Å². The fraction of sp³-hybridized carbons (Fsp3) is 0.559. The number of nitrogens with zero attached hydrogens (tertiary/aromatic N) is 5. The van der Waals surface area contributed by atoms with Gasteiger partial charge in [0, 0.05) is 80.1 Å². The minimum atomic E-state index is -0.996. The third kappa shape index (κ3) is 7.90. The summed E-state index contributed by atoms with van der Waals surface area (Å²) in [6, 6.07) is 13.5. The Balaban J connectivity index is 1.07. The topological polar surface area (TPSA) is 88.7 Å². The van der Waals surface area contributed by atoms with Crippen LogP contribution in [0.3, 0.4) is 0 Å². The molecule has 6 rings (SSSR count). The summed E-state index contributed by atoms with van der Waals surface area (Å²) >= 11 is 12.6. The summed E-state index contributed by atoms with van der Waals surface area (Å²) in [5.41, 5.74) is 2.72. The Morgan fingerprint density at radius 3 is 2.20 bits per heavy atom. The van der Waals surface area contributed by atoms with Gasteiger partial charge in [-0.05, 0) is 87.6 Å². The van der Waals surface area contributed by atoms with E-state index in [4.69, 9.17) is 27.9 Å². The number of nitrogens with one attached hydrogen (secondary N) is 1. The van der Waals surface area contributed by atoms with Crippen molar-refractivity contribution in [1.29, 1.82) is 0 Å². The molecule has 12 heteroatoms. The zero-order chi connectivity index (χ0) is 32.2. The largest absolute Gasteiger partial charge is 0.436 e. The van der Waals surface area contributed by atoms with Gasteiger partial charge in [-0.25, -0.2) is 9.59 Å². The molecule has 0 saturated carbocycles. The van der Waals surface area contributed by atoms with Crippen LogP contribution in [0.25, 0.3) is 0 Å². The number of benzene rings is 2. The second kappa shape index (κ2) is 14.8. The van der Waals surface area contributed by atoms with Gasteiger partial charge < -0.3 is 29.7 Å². The van der Waals surface area contributed by atoms with E-state index in [1.807, 2.05) is 34.1 Å². The van der Waals surface area contributed by atoms with E-state index in [9.17, 15) is 14.4 Å². The van der Waals surface area contributed by atoms with Crippen LogP contribution in [-0.4, -0.2) is 127 Å². The molecule has 2 aromatic carbocycles. The maximum Gasteiger partial charge on any atom is 0.410 e. The number of fused-ring (bicyclic) bond motifs is 1. The highest BCUT2D eigenvalue weighted by atomic mass is 35.5. The Morgan fingerprint density at radius 1 is 0.848 bits per heavy atom. The van der Waals surface area contributed by atoms with Crippen LogP contribution in [0.5, 0.6) is 0 Å². The number of rotatable bonds is 6. The maximum atomic E-state index is 13.9. The number of hydrogen-bond donors (Lipinski definition) is 1. The monoisotopic (exact) mass is 670 g/mol. The first-order valence-corrected chi connectivity index (χ1v) is 17.3. The van der Waals surface area contributed by atoms with Gasteiger partial charge in [-0.3, -0.25) is 9.69 Å². The first kappa shape index (κ1) is 32.9. The van der Waals surface area contributed by atoms with Crippen LogP contribution in [-0.2, 0) is 22.4 Å². The number of ether oxygens (including phenoxy) is 1. The highest BCUT2D eigenvalue weighted by molar-refractivity contribution is 6.34. The molecule has 10 nitrogen and oxygen atoms in total. The molecule has 0 aliphatic carbocycles. The SMILES string of the molecule is CN1CCC(N2CCN(C(=O)C(Cc3cc(Cl)cc(Cl)c3)OC(=O)N3CCC(N4CCc5ccccc5NC4=O)CC3)CC2)CC1. The van der Waals surface area contributed by atoms with Crippen molar-refractivity contribution in [3.05, 3.63) is 63.6 Å². The molecule has 46 heavy (non-hydrogen) atoms. The van der Waals surface area contributed by atoms with Crippen molar-refractivity contribution in [2.24, 2.45) is 0 Å². The molecule has 248 valence electrons. The number of hydrogen-bond acceptors (Lipinski definition) is 6. The molecule has 1 N–H and O–H groups in total. The van der Waals surface area contributed by atoms with Crippen LogP contribution in [0.1, 0.15) is 36.8 Å². The van der Waals surface area contributed by atoms with E-state index in [1.54, 1.807) is 23.1 Å². The summed E-state index contributed by atoms with van der Waals surface area (Å²) < 4.78 is 6.01. The molecule has 4 aliphatic rings. The van der Waals surface area contributed by atoms with Crippen molar-refractivity contribution < 1.29 is 19.1 Å². The molecule has 4 amide bonds. The number of anilines is 1. The second-order valence-electron chi connectivity index (χ2n) is 13.0. The number of para-hydroxylation sites is 1. The van der Waals surface area contributed by atoms with Crippen LogP contribution >= 0.6 is 23.2 Å². The molecule has 3 saturated heterocycles. The molecular formula is C34H44Cl2N6O4. The minimum absolute atomic E-state index is 0.0188. The lowest BCUT2D eigenvalue weighted by Gasteiger charge is -2.42. The molecule has 0 radical (unpaired) electrons. The van der Waals surface area contributed by atoms with Crippen LogP contribution in [0.4, 0.5) is 15.3 Å². The van der Waals surface area contributed by atoms with Crippen molar-refractivity contribution >= 4 is 46.9 Å². The molecule has 0 spiro atoms. The summed E-state index contributed by atoms with van der Waals surface area (Å²) in [4.78, 5) is 50.8. The highest BCUT2D eigenvalue weighted by Crippen LogP contribution is 2.26. The number of carbonyl (C=O) groups is 3. The number of amides is 4. The third-order valence-corrected chi connectivity index (χ3v) is 10.4. The Kier molecular flexibility index (Phi) is 10.6. The van der Waals surface area contributed by atoms with Gasteiger partial charge in [-0.1, -0.05) is 41.4 Å². The van der Waals surface area contributed by atoms with Gasteiger partial charge in [-0.15, -0.1) is 0 Å². The van der Waals surface area contributed by atoms with E-state index in [2.05, 4.69) is 22.2 Å². The summed E-state index contributed by atoms with van der Waals surface area (Å²) in [5, 5.41) is 3.98. The molecule has 4 aliphatic heterocycles. The predicted molar refractivity (Wildman–Crippen MR) is 180 cm³/mol. The molecule has 3 fully saturated rings. The quantitative estimate of drug-likeness (QED) is 0.474. The standard InChI is InChI=1S/C34H44Cl2N6O4/c1-38-11-7-28(8-12-38)39-16-18-40(19-17-39)32(43)31(22-24-20-26(35)23-27(36)21-24)46-34(45)41-13-9-29(10-14-41)42-15-6-25-4-2-3-5-30(25)37-33(42)44/h2-5,20-21,23,28-29,31H,6-19,22H2,1H3,(H,37,44). The fourth-order valence-electron chi connectivity index (χ4n) is 7.29. The first-order chi connectivity index (χ1) is 22.2. The smallest absolute Gasteiger partial charge is 0.410 e. The van der Waals surface area contributed by atoms with Gasteiger partial charge in [0.15, 0.2) is 6.10 Å². The van der Waals surface area contributed by atoms with Gasteiger partial charge in [0.25, 0.3) is 5.91 Å². The Labute approximate surface area is 281 Å².